The molecular weight excluding hydrogens is 460 g/mol. The zero-order valence-corrected chi connectivity index (χ0v) is 22.6. The van der Waals surface area contributed by atoms with Gasteiger partial charge in [0.1, 0.15) is 23.4 Å². The Labute approximate surface area is 242 Å². The van der Waals surface area contributed by atoms with Gasteiger partial charge < -0.3 is 19.9 Å². The number of ether oxygens (including phenoxy) is 2. The monoisotopic (exact) mass is 487 g/mol. The fraction of sp³-hybridized carbons (Fsp3) is 0.222. The van der Waals surface area contributed by atoms with Crippen molar-refractivity contribution in [2.75, 3.05) is 13.7 Å². The van der Waals surface area contributed by atoms with Crippen molar-refractivity contribution < 1.29 is 75.1 Å². The summed E-state index contributed by atoms with van der Waals surface area (Å²) in [5.74, 6) is 0.297. The number of carboxylic acid groups (broad SMARTS) is 1. The number of rotatable bonds is 7. The third-order valence-electron chi connectivity index (χ3n) is 5.21. The first-order chi connectivity index (χ1) is 16.0. The van der Waals surface area contributed by atoms with E-state index >= 15 is 0 Å². The molecule has 0 amide bonds. The van der Waals surface area contributed by atoms with E-state index < -0.39 is 5.97 Å². The van der Waals surface area contributed by atoms with Crippen LogP contribution in [0, 0.1) is 11.9 Å². The first-order valence-electron chi connectivity index (χ1n) is 10.7. The SMILES string of the molecule is C=Cc1cc(F)cc(-c2ccc(OCc3c[c-]ccc3)cc2)c1OC.O=C(O)C1CCCN1.[K+]. The molecule has 1 fully saturated rings. The zero-order valence-electron chi connectivity index (χ0n) is 19.5. The average Bonchev–Trinajstić information content (AvgIpc) is 3.39. The third kappa shape index (κ3) is 8.04. The normalized spacial score (nSPS) is 14.2. The van der Waals surface area contributed by atoms with E-state index in [2.05, 4.69) is 18.0 Å². The van der Waals surface area contributed by atoms with E-state index in [0.29, 0.717) is 23.5 Å². The van der Waals surface area contributed by atoms with Crippen molar-refractivity contribution in [1.82, 2.24) is 5.32 Å². The number of carbonyl (C=O) groups is 1. The molecule has 5 nitrogen and oxygen atoms in total. The molecule has 34 heavy (non-hydrogen) atoms. The standard InChI is InChI=1S/C22H18FO2.C5H9NO2.K/c1-3-17-13-19(23)14-21(22(17)24-2)18-9-11-20(12-10-18)25-15-16-7-5-4-6-8-16;7-5(8)4-2-1-3-6-4;/h3-5,7-14H,1,15H2,2H3;4,6H,1-3H2,(H,7,8);/q-1;;+1. The fourth-order valence-electron chi connectivity index (χ4n) is 3.52. The van der Waals surface area contributed by atoms with Gasteiger partial charge in [0, 0.05) is 11.1 Å². The summed E-state index contributed by atoms with van der Waals surface area (Å²) < 4.78 is 25.1. The Bertz CT molecular complexity index is 1070. The molecule has 4 rings (SSSR count). The van der Waals surface area contributed by atoms with Gasteiger partial charge in [0.15, 0.2) is 0 Å². The number of methoxy groups -OCH3 is 1. The molecule has 1 atom stereocenters. The van der Waals surface area contributed by atoms with Gasteiger partial charge in [-0.3, -0.25) is 4.79 Å². The molecule has 2 N–H and O–H groups in total. The van der Waals surface area contributed by atoms with Crippen molar-refractivity contribution in [3.63, 3.8) is 0 Å². The fourth-order valence-corrected chi connectivity index (χ4v) is 3.52. The summed E-state index contributed by atoms with van der Waals surface area (Å²) >= 11 is 0. The summed E-state index contributed by atoms with van der Waals surface area (Å²) in [4.78, 5) is 10.1. The van der Waals surface area contributed by atoms with Crippen molar-refractivity contribution in [3.8, 4) is 22.6 Å². The number of benzene rings is 3. The first kappa shape index (κ1) is 28.2. The molecule has 3 aromatic rings. The van der Waals surface area contributed by atoms with Crippen molar-refractivity contribution >= 4 is 12.0 Å². The Balaban J connectivity index is 0.000000386. The second-order valence-electron chi connectivity index (χ2n) is 7.49. The van der Waals surface area contributed by atoms with Crippen LogP contribution in [0.1, 0.15) is 24.0 Å². The predicted molar refractivity (Wildman–Crippen MR) is 127 cm³/mol. The minimum absolute atomic E-state index is 0. The molecule has 1 saturated heterocycles. The van der Waals surface area contributed by atoms with Crippen LogP contribution in [0.25, 0.3) is 17.2 Å². The molecule has 3 aromatic carbocycles. The number of hydrogen-bond acceptors (Lipinski definition) is 4. The molecule has 1 unspecified atom stereocenters. The Morgan fingerprint density at radius 3 is 2.59 bits per heavy atom. The number of halogens is 1. The Morgan fingerprint density at radius 1 is 1.29 bits per heavy atom. The minimum atomic E-state index is -0.720. The summed E-state index contributed by atoms with van der Waals surface area (Å²) in [7, 11) is 1.57. The second-order valence-corrected chi connectivity index (χ2v) is 7.49. The smallest absolute Gasteiger partial charge is 0.501 e. The van der Waals surface area contributed by atoms with Crippen molar-refractivity contribution in [3.05, 3.63) is 90.3 Å². The van der Waals surface area contributed by atoms with Crippen molar-refractivity contribution in [2.24, 2.45) is 0 Å². The molecule has 1 aliphatic rings. The van der Waals surface area contributed by atoms with Crippen LogP contribution < -0.4 is 66.2 Å². The van der Waals surface area contributed by atoms with E-state index in [1.807, 2.05) is 48.5 Å². The Morgan fingerprint density at radius 2 is 2.06 bits per heavy atom. The average molecular weight is 488 g/mol. The number of aliphatic carboxylic acids is 1. The van der Waals surface area contributed by atoms with E-state index in [-0.39, 0.29) is 63.2 Å². The minimum Gasteiger partial charge on any atom is -0.501 e. The maximum absolute atomic E-state index is 13.9. The van der Waals surface area contributed by atoms with E-state index in [9.17, 15) is 9.18 Å². The van der Waals surface area contributed by atoms with Gasteiger partial charge >= 0.3 is 57.4 Å². The van der Waals surface area contributed by atoms with Crippen LogP contribution in [-0.2, 0) is 11.4 Å². The molecule has 0 radical (unpaired) electrons. The van der Waals surface area contributed by atoms with Crippen LogP contribution in [0.3, 0.4) is 0 Å². The number of nitrogens with one attached hydrogen (secondary N) is 1. The quantitative estimate of drug-likeness (QED) is 0.396. The number of carboxylic acids is 1. The first-order valence-corrected chi connectivity index (χ1v) is 10.7. The van der Waals surface area contributed by atoms with Crippen LogP contribution in [-0.4, -0.2) is 30.8 Å². The number of hydrogen-bond donors (Lipinski definition) is 2. The maximum Gasteiger partial charge on any atom is 1.00 e. The van der Waals surface area contributed by atoms with Gasteiger partial charge in [-0.1, -0.05) is 24.8 Å². The van der Waals surface area contributed by atoms with Gasteiger partial charge in [-0.2, -0.15) is 30.3 Å². The van der Waals surface area contributed by atoms with E-state index in [0.717, 1.165) is 36.3 Å². The van der Waals surface area contributed by atoms with Crippen molar-refractivity contribution in [1.29, 1.82) is 0 Å². The molecule has 7 heteroatoms. The molecule has 0 spiro atoms. The molecule has 0 aliphatic carbocycles. The van der Waals surface area contributed by atoms with Crippen LogP contribution in [0.4, 0.5) is 4.39 Å². The van der Waals surface area contributed by atoms with Crippen LogP contribution in [0.5, 0.6) is 11.5 Å². The second kappa shape index (κ2) is 14.4. The molecular formula is C27H27FKNO4. The largest absolute Gasteiger partial charge is 1.00 e. The van der Waals surface area contributed by atoms with E-state index in [4.69, 9.17) is 14.6 Å². The van der Waals surface area contributed by atoms with Crippen LogP contribution in [0.15, 0.2) is 67.2 Å². The Kier molecular flexibility index (Phi) is 12.0. The molecule has 0 bridgehead atoms. The topological polar surface area (TPSA) is 67.8 Å². The van der Waals surface area contributed by atoms with Crippen molar-refractivity contribution in [2.45, 2.75) is 25.5 Å². The third-order valence-corrected chi connectivity index (χ3v) is 5.21. The van der Waals surface area contributed by atoms with Gasteiger partial charge in [0.2, 0.25) is 0 Å². The predicted octanol–water partition coefficient (Wildman–Crippen LogP) is 2.35. The summed E-state index contributed by atoms with van der Waals surface area (Å²) in [6.07, 6.45) is 3.37. The van der Waals surface area contributed by atoms with Gasteiger partial charge in [0.25, 0.3) is 0 Å². The van der Waals surface area contributed by atoms with Gasteiger partial charge in [-0.25, -0.2) is 4.39 Å². The molecule has 1 aliphatic heterocycles. The van der Waals surface area contributed by atoms with E-state index in [1.54, 1.807) is 13.2 Å². The Hall–Kier alpha value is -2.00. The van der Waals surface area contributed by atoms with Gasteiger partial charge in [0.05, 0.1) is 13.7 Å². The maximum atomic E-state index is 13.9. The summed E-state index contributed by atoms with van der Waals surface area (Å²) in [6, 6.07) is 20.8. The van der Waals surface area contributed by atoms with Crippen LogP contribution in [0.2, 0.25) is 0 Å². The zero-order chi connectivity index (χ0) is 23.6. The van der Waals surface area contributed by atoms with Gasteiger partial charge in [-0.15, -0.1) is 5.56 Å². The summed E-state index contributed by atoms with van der Waals surface area (Å²) in [5.41, 5.74) is 3.20. The molecule has 0 saturated carbocycles. The summed E-state index contributed by atoms with van der Waals surface area (Å²) in [6.45, 7) is 5.04. The van der Waals surface area contributed by atoms with E-state index in [1.165, 1.54) is 12.1 Å². The van der Waals surface area contributed by atoms with Gasteiger partial charge in [-0.05, 0) is 49.2 Å². The molecule has 1 heterocycles. The van der Waals surface area contributed by atoms with Crippen LogP contribution >= 0.6 is 0 Å². The molecule has 0 aromatic heterocycles. The molecule has 172 valence electrons. The summed E-state index contributed by atoms with van der Waals surface area (Å²) in [5, 5.41) is 11.2.